The molecular weight excluding hydrogens is 208 g/mol. The summed E-state index contributed by atoms with van der Waals surface area (Å²) >= 11 is 1.33. The SMILES string of the molecule is Cc1cc(C(=O)C2CCCNC2C)sn1. The first-order valence-corrected chi connectivity index (χ1v) is 6.17. The van der Waals surface area contributed by atoms with Crippen molar-refractivity contribution in [3.05, 3.63) is 16.6 Å². The average Bonchev–Trinajstić information content (AvgIpc) is 2.65. The van der Waals surface area contributed by atoms with Crippen molar-refractivity contribution in [1.82, 2.24) is 9.69 Å². The number of ketones is 1. The van der Waals surface area contributed by atoms with Crippen LogP contribution in [0.15, 0.2) is 6.07 Å². The first-order valence-electron chi connectivity index (χ1n) is 5.39. The van der Waals surface area contributed by atoms with Crippen molar-refractivity contribution >= 4 is 17.3 Å². The van der Waals surface area contributed by atoms with E-state index in [-0.39, 0.29) is 11.7 Å². The Balaban J connectivity index is 2.13. The quantitative estimate of drug-likeness (QED) is 0.781. The third kappa shape index (κ3) is 2.26. The van der Waals surface area contributed by atoms with Crippen LogP contribution in [0.3, 0.4) is 0 Å². The second-order valence-corrected chi connectivity index (χ2v) is 4.99. The van der Waals surface area contributed by atoms with Crippen molar-refractivity contribution in [3.8, 4) is 0 Å². The Labute approximate surface area is 94.1 Å². The first kappa shape index (κ1) is 10.8. The van der Waals surface area contributed by atoms with Crippen LogP contribution in [0.2, 0.25) is 0 Å². The number of carbonyl (C=O) groups excluding carboxylic acids is 1. The van der Waals surface area contributed by atoms with E-state index in [1.54, 1.807) is 0 Å². The van der Waals surface area contributed by atoms with Crippen molar-refractivity contribution in [2.75, 3.05) is 6.54 Å². The normalized spacial score (nSPS) is 26.5. The summed E-state index contributed by atoms with van der Waals surface area (Å²) in [5, 5.41) is 3.35. The third-order valence-electron chi connectivity index (χ3n) is 2.97. The van der Waals surface area contributed by atoms with Crippen LogP contribution in [0.4, 0.5) is 0 Å². The highest BCUT2D eigenvalue weighted by molar-refractivity contribution is 7.08. The molecule has 1 aliphatic rings. The van der Waals surface area contributed by atoms with Gasteiger partial charge in [0.15, 0.2) is 5.78 Å². The van der Waals surface area contributed by atoms with Gasteiger partial charge in [-0.3, -0.25) is 4.79 Å². The number of nitrogens with zero attached hydrogens (tertiary/aromatic N) is 1. The van der Waals surface area contributed by atoms with Gasteiger partial charge in [0, 0.05) is 12.0 Å². The molecule has 1 saturated heterocycles. The van der Waals surface area contributed by atoms with Crippen molar-refractivity contribution in [2.45, 2.75) is 32.7 Å². The molecule has 1 aliphatic heterocycles. The van der Waals surface area contributed by atoms with Crippen molar-refractivity contribution in [1.29, 1.82) is 0 Å². The number of piperidine rings is 1. The maximum absolute atomic E-state index is 12.2. The van der Waals surface area contributed by atoms with E-state index in [9.17, 15) is 4.79 Å². The van der Waals surface area contributed by atoms with Gasteiger partial charge in [-0.05, 0) is 50.8 Å². The monoisotopic (exact) mass is 224 g/mol. The van der Waals surface area contributed by atoms with Crippen LogP contribution >= 0.6 is 11.5 Å². The molecule has 82 valence electrons. The number of aryl methyl sites for hydroxylation is 1. The van der Waals surface area contributed by atoms with E-state index in [1.807, 2.05) is 13.0 Å². The molecule has 0 saturated carbocycles. The fourth-order valence-electron chi connectivity index (χ4n) is 2.06. The molecule has 0 radical (unpaired) electrons. The number of hydrogen-bond acceptors (Lipinski definition) is 4. The average molecular weight is 224 g/mol. The number of aromatic nitrogens is 1. The van der Waals surface area contributed by atoms with E-state index in [4.69, 9.17) is 0 Å². The van der Waals surface area contributed by atoms with Gasteiger partial charge in [0.1, 0.15) is 0 Å². The number of nitrogens with one attached hydrogen (secondary N) is 1. The Morgan fingerprint density at radius 3 is 3.07 bits per heavy atom. The van der Waals surface area contributed by atoms with Gasteiger partial charge < -0.3 is 5.32 Å². The summed E-state index contributed by atoms with van der Waals surface area (Å²) in [5.74, 6) is 0.402. The zero-order valence-corrected chi connectivity index (χ0v) is 9.93. The van der Waals surface area contributed by atoms with E-state index in [2.05, 4.69) is 16.6 Å². The lowest BCUT2D eigenvalue weighted by Gasteiger charge is -2.28. The van der Waals surface area contributed by atoms with Crippen molar-refractivity contribution in [3.63, 3.8) is 0 Å². The van der Waals surface area contributed by atoms with Crippen LogP contribution in [-0.2, 0) is 0 Å². The van der Waals surface area contributed by atoms with Crippen LogP contribution in [0, 0.1) is 12.8 Å². The number of carbonyl (C=O) groups is 1. The van der Waals surface area contributed by atoms with Crippen molar-refractivity contribution in [2.24, 2.45) is 5.92 Å². The summed E-state index contributed by atoms with van der Waals surface area (Å²) in [7, 11) is 0. The molecule has 2 rings (SSSR count). The predicted molar refractivity (Wildman–Crippen MR) is 61.4 cm³/mol. The molecular formula is C11H16N2OS. The topological polar surface area (TPSA) is 42.0 Å². The third-order valence-corrected chi connectivity index (χ3v) is 3.86. The molecule has 0 bridgehead atoms. The van der Waals surface area contributed by atoms with E-state index >= 15 is 0 Å². The van der Waals surface area contributed by atoms with Gasteiger partial charge in [0.2, 0.25) is 0 Å². The molecule has 1 N–H and O–H groups in total. The van der Waals surface area contributed by atoms with E-state index in [1.165, 1.54) is 11.5 Å². The summed E-state index contributed by atoms with van der Waals surface area (Å²) in [4.78, 5) is 13.0. The van der Waals surface area contributed by atoms with Gasteiger partial charge in [-0.1, -0.05) is 0 Å². The molecule has 2 heterocycles. The fourth-order valence-corrected chi connectivity index (χ4v) is 2.82. The summed E-state index contributed by atoms with van der Waals surface area (Å²) in [5.41, 5.74) is 0.944. The number of rotatable bonds is 2. The molecule has 0 spiro atoms. The van der Waals surface area contributed by atoms with Gasteiger partial charge in [-0.2, -0.15) is 4.37 Å². The van der Waals surface area contributed by atoms with Crippen LogP contribution in [0.25, 0.3) is 0 Å². The molecule has 0 aromatic carbocycles. The summed E-state index contributed by atoms with van der Waals surface area (Å²) < 4.78 is 4.16. The van der Waals surface area contributed by atoms with Gasteiger partial charge in [-0.15, -0.1) is 0 Å². The van der Waals surface area contributed by atoms with E-state index in [0.717, 1.165) is 30.0 Å². The maximum Gasteiger partial charge on any atom is 0.179 e. The highest BCUT2D eigenvalue weighted by Crippen LogP contribution is 2.23. The second-order valence-electron chi connectivity index (χ2n) is 4.19. The van der Waals surface area contributed by atoms with E-state index < -0.39 is 0 Å². The predicted octanol–water partition coefficient (Wildman–Crippen LogP) is 2.02. The smallest absolute Gasteiger partial charge is 0.179 e. The number of Topliss-reactive ketones (excluding diaryl/α,β-unsaturated/α-hetero) is 1. The molecule has 15 heavy (non-hydrogen) atoms. The fraction of sp³-hybridized carbons (Fsp3) is 0.636. The standard InChI is InChI=1S/C11H16N2OS/c1-7-6-10(15-13-7)11(14)9-4-3-5-12-8(9)2/h6,8-9,12H,3-5H2,1-2H3. The summed E-state index contributed by atoms with van der Waals surface area (Å²) in [6.45, 7) is 5.05. The highest BCUT2D eigenvalue weighted by atomic mass is 32.1. The van der Waals surface area contributed by atoms with Crippen LogP contribution in [-0.4, -0.2) is 22.7 Å². The highest BCUT2D eigenvalue weighted by Gasteiger charge is 2.29. The molecule has 0 amide bonds. The molecule has 4 heteroatoms. The molecule has 0 aliphatic carbocycles. The van der Waals surface area contributed by atoms with Crippen LogP contribution < -0.4 is 5.32 Å². The first-order chi connectivity index (χ1) is 7.18. The van der Waals surface area contributed by atoms with Gasteiger partial charge >= 0.3 is 0 Å². The Hall–Kier alpha value is -0.740. The summed E-state index contributed by atoms with van der Waals surface area (Å²) in [6, 6.07) is 2.20. The van der Waals surface area contributed by atoms with Crippen LogP contribution in [0.1, 0.15) is 35.1 Å². The van der Waals surface area contributed by atoms with Crippen molar-refractivity contribution < 1.29 is 4.79 Å². The zero-order valence-electron chi connectivity index (χ0n) is 9.12. The molecule has 2 unspecified atom stereocenters. The molecule has 1 aromatic rings. The lowest BCUT2D eigenvalue weighted by Crippen LogP contribution is -2.42. The Kier molecular flexibility index (Phi) is 3.17. The Morgan fingerprint density at radius 2 is 2.47 bits per heavy atom. The van der Waals surface area contributed by atoms with Crippen LogP contribution in [0.5, 0.6) is 0 Å². The maximum atomic E-state index is 12.2. The minimum absolute atomic E-state index is 0.138. The Morgan fingerprint density at radius 1 is 1.67 bits per heavy atom. The molecule has 3 nitrogen and oxygen atoms in total. The second kappa shape index (κ2) is 4.41. The molecule has 1 aromatic heterocycles. The number of hydrogen-bond donors (Lipinski definition) is 1. The van der Waals surface area contributed by atoms with Gasteiger partial charge in [0.25, 0.3) is 0 Å². The van der Waals surface area contributed by atoms with Gasteiger partial charge in [0.05, 0.1) is 10.6 Å². The lowest BCUT2D eigenvalue weighted by atomic mass is 9.87. The lowest BCUT2D eigenvalue weighted by molar-refractivity contribution is 0.0871. The zero-order chi connectivity index (χ0) is 10.8. The minimum atomic E-state index is 0.138. The Bertz CT molecular complexity index is 361. The largest absolute Gasteiger partial charge is 0.314 e. The molecule has 1 fully saturated rings. The minimum Gasteiger partial charge on any atom is -0.314 e. The van der Waals surface area contributed by atoms with Gasteiger partial charge in [-0.25, -0.2) is 0 Å². The van der Waals surface area contributed by atoms with E-state index in [0.29, 0.717) is 6.04 Å². The summed E-state index contributed by atoms with van der Waals surface area (Å²) in [6.07, 6.45) is 2.10. The molecule has 2 atom stereocenters.